The van der Waals surface area contributed by atoms with Crippen molar-refractivity contribution < 1.29 is 4.79 Å². The lowest BCUT2D eigenvalue weighted by molar-refractivity contribution is -0.120. The summed E-state index contributed by atoms with van der Waals surface area (Å²) in [6.07, 6.45) is 0.442. The van der Waals surface area contributed by atoms with E-state index in [4.69, 9.17) is 5.73 Å². The van der Waals surface area contributed by atoms with E-state index >= 15 is 0 Å². The Morgan fingerprint density at radius 1 is 1.35 bits per heavy atom. The minimum Gasteiger partial charge on any atom is -0.356 e. The first-order valence-electron chi connectivity index (χ1n) is 5.64. The second-order valence-corrected chi connectivity index (χ2v) is 4.31. The number of halogens is 1. The number of aryl methyl sites for hydroxylation is 1. The van der Waals surface area contributed by atoms with Crippen molar-refractivity contribution >= 4 is 18.3 Å². The van der Waals surface area contributed by atoms with Crippen LogP contribution in [0.1, 0.15) is 18.1 Å². The van der Waals surface area contributed by atoms with Crippen LogP contribution in [0.15, 0.2) is 24.3 Å². The Bertz CT molecular complexity index is 338. The lowest BCUT2D eigenvalue weighted by Gasteiger charge is -2.10. The molecule has 1 aromatic rings. The van der Waals surface area contributed by atoms with Crippen LogP contribution in [-0.2, 0) is 11.2 Å². The van der Waals surface area contributed by atoms with Gasteiger partial charge in [-0.2, -0.15) is 0 Å². The minimum atomic E-state index is 0. The average Bonchev–Trinajstić information content (AvgIpc) is 2.29. The SMILES string of the molecule is Cc1ccc(CC(=O)NCC(C)CN)cc1.Cl. The Balaban J connectivity index is 0.00000256. The highest BCUT2D eigenvalue weighted by Gasteiger charge is 2.04. The van der Waals surface area contributed by atoms with Gasteiger partial charge in [-0.1, -0.05) is 36.8 Å². The fraction of sp³-hybridized carbons (Fsp3) is 0.462. The van der Waals surface area contributed by atoms with Gasteiger partial charge in [0.15, 0.2) is 0 Å². The molecule has 0 spiro atoms. The van der Waals surface area contributed by atoms with Crippen molar-refractivity contribution in [1.82, 2.24) is 5.32 Å². The van der Waals surface area contributed by atoms with Gasteiger partial charge in [-0.05, 0) is 24.9 Å². The molecule has 0 aliphatic rings. The zero-order valence-corrected chi connectivity index (χ0v) is 11.2. The Morgan fingerprint density at radius 3 is 2.47 bits per heavy atom. The first kappa shape index (κ1) is 15.9. The Labute approximate surface area is 109 Å². The monoisotopic (exact) mass is 256 g/mol. The van der Waals surface area contributed by atoms with E-state index in [1.807, 2.05) is 38.1 Å². The van der Waals surface area contributed by atoms with Gasteiger partial charge in [-0.25, -0.2) is 0 Å². The normalized spacial score (nSPS) is 11.5. The first-order chi connectivity index (χ1) is 7.61. The molecule has 1 rings (SSSR count). The maximum Gasteiger partial charge on any atom is 0.224 e. The van der Waals surface area contributed by atoms with E-state index in [-0.39, 0.29) is 18.3 Å². The second-order valence-electron chi connectivity index (χ2n) is 4.31. The summed E-state index contributed by atoms with van der Waals surface area (Å²) in [5, 5.41) is 2.88. The molecule has 17 heavy (non-hydrogen) atoms. The van der Waals surface area contributed by atoms with Crippen LogP contribution in [-0.4, -0.2) is 19.0 Å². The molecule has 1 atom stereocenters. The van der Waals surface area contributed by atoms with Crippen LogP contribution in [0, 0.1) is 12.8 Å². The minimum absolute atomic E-state index is 0. The van der Waals surface area contributed by atoms with Crippen molar-refractivity contribution in [2.24, 2.45) is 11.7 Å². The highest BCUT2D eigenvalue weighted by Crippen LogP contribution is 2.03. The standard InChI is InChI=1S/C13H20N2O.ClH/c1-10-3-5-12(6-4-10)7-13(16)15-9-11(2)8-14;/h3-6,11H,7-9,14H2,1-2H3,(H,15,16);1H. The van der Waals surface area contributed by atoms with Crippen LogP contribution in [0.5, 0.6) is 0 Å². The average molecular weight is 257 g/mol. The molecule has 1 unspecified atom stereocenters. The fourth-order valence-electron chi connectivity index (χ4n) is 1.33. The van der Waals surface area contributed by atoms with Gasteiger partial charge >= 0.3 is 0 Å². The van der Waals surface area contributed by atoms with Crippen molar-refractivity contribution in [2.45, 2.75) is 20.3 Å². The second kappa shape index (κ2) is 8.09. The van der Waals surface area contributed by atoms with Gasteiger partial charge in [-0.15, -0.1) is 12.4 Å². The number of benzene rings is 1. The van der Waals surface area contributed by atoms with E-state index in [1.54, 1.807) is 0 Å². The van der Waals surface area contributed by atoms with Crippen LogP contribution in [0.4, 0.5) is 0 Å². The van der Waals surface area contributed by atoms with E-state index in [2.05, 4.69) is 5.32 Å². The molecule has 0 saturated carbocycles. The predicted molar refractivity (Wildman–Crippen MR) is 73.4 cm³/mol. The van der Waals surface area contributed by atoms with Gasteiger partial charge in [0.2, 0.25) is 5.91 Å². The number of nitrogens with two attached hydrogens (primary N) is 1. The molecule has 0 radical (unpaired) electrons. The molecule has 0 aliphatic heterocycles. The van der Waals surface area contributed by atoms with Gasteiger partial charge in [0, 0.05) is 6.54 Å². The molecule has 0 heterocycles. The zero-order valence-electron chi connectivity index (χ0n) is 10.4. The largest absolute Gasteiger partial charge is 0.356 e. The predicted octanol–water partition coefficient (Wildman–Crippen LogP) is 1.67. The molecule has 0 bridgehead atoms. The molecule has 0 aliphatic carbocycles. The van der Waals surface area contributed by atoms with Crippen molar-refractivity contribution in [1.29, 1.82) is 0 Å². The molecular weight excluding hydrogens is 236 g/mol. The third kappa shape index (κ3) is 6.29. The van der Waals surface area contributed by atoms with Gasteiger partial charge in [0.1, 0.15) is 0 Å². The van der Waals surface area contributed by atoms with Crippen molar-refractivity contribution in [3.05, 3.63) is 35.4 Å². The van der Waals surface area contributed by atoms with E-state index in [0.29, 0.717) is 25.4 Å². The third-order valence-electron chi connectivity index (χ3n) is 2.54. The summed E-state index contributed by atoms with van der Waals surface area (Å²) in [5.41, 5.74) is 7.73. The quantitative estimate of drug-likeness (QED) is 0.842. The van der Waals surface area contributed by atoms with E-state index in [0.717, 1.165) is 5.56 Å². The number of carbonyl (C=O) groups excluding carboxylic acids is 1. The molecule has 1 amide bonds. The first-order valence-corrected chi connectivity index (χ1v) is 5.64. The van der Waals surface area contributed by atoms with E-state index in [1.165, 1.54) is 5.56 Å². The summed E-state index contributed by atoms with van der Waals surface area (Å²) >= 11 is 0. The lowest BCUT2D eigenvalue weighted by atomic mass is 10.1. The van der Waals surface area contributed by atoms with Crippen molar-refractivity contribution in [2.75, 3.05) is 13.1 Å². The molecule has 3 N–H and O–H groups in total. The molecule has 3 nitrogen and oxygen atoms in total. The van der Waals surface area contributed by atoms with Gasteiger partial charge < -0.3 is 11.1 Å². The van der Waals surface area contributed by atoms with Crippen LogP contribution < -0.4 is 11.1 Å². The number of amides is 1. The molecule has 1 aromatic carbocycles. The third-order valence-corrected chi connectivity index (χ3v) is 2.54. The summed E-state index contributed by atoms with van der Waals surface area (Å²) in [6.45, 7) is 5.31. The number of hydrogen-bond donors (Lipinski definition) is 2. The lowest BCUT2D eigenvalue weighted by Crippen LogP contribution is -2.32. The molecule has 0 aromatic heterocycles. The highest BCUT2D eigenvalue weighted by molar-refractivity contribution is 5.85. The summed E-state index contributed by atoms with van der Waals surface area (Å²) in [7, 11) is 0. The fourth-order valence-corrected chi connectivity index (χ4v) is 1.33. The Kier molecular flexibility index (Phi) is 7.59. The molecule has 0 fully saturated rings. The molecule has 96 valence electrons. The summed E-state index contributed by atoms with van der Waals surface area (Å²) in [5.74, 6) is 0.395. The summed E-state index contributed by atoms with van der Waals surface area (Å²) < 4.78 is 0. The molecule has 0 saturated heterocycles. The molecular formula is C13H21ClN2O. The highest BCUT2D eigenvalue weighted by atomic mass is 35.5. The van der Waals surface area contributed by atoms with Gasteiger partial charge in [0.25, 0.3) is 0 Å². The summed E-state index contributed by atoms with van der Waals surface area (Å²) in [4.78, 5) is 11.6. The Morgan fingerprint density at radius 2 is 1.94 bits per heavy atom. The van der Waals surface area contributed by atoms with Crippen molar-refractivity contribution in [3.63, 3.8) is 0 Å². The summed E-state index contributed by atoms with van der Waals surface area (Å²) in [6, 6.07) is 8.01. The van der Waals surface area contributed by atoms with E-state index in [9.17, 15) is 4.79 Å². The van der Waals surface area contributed by atoms with Crippen LogP contribution in [0.25, 0.3) is 0 Å². The van der Waals surface area contributed by atoms with E-state index < -0.39 is 0 Å². The van der Waals surface area contributed by atoms with Gasteiger partial charge in [-0.3, -0.25) is 4.79 Å². The number of rotatable bonds is 5. The van der Waals surface area contributed by atoms with Crippen LogP contribution in [0.3, 0.4) is 0 Å². The van der Waals surface area contributed by atoms with Crippen LogP contribution >= 0.6 is 12.4 Å². The number of carbonyl (C=O) groups is 1. The Hall–Kier alpha value is -1.06. The number of hydrogen-bond acceptors (Lipinski definition) is 2. The van der Waals surface area contributed by atoms with Crippen molar-refractivity contribution in [3.8, 4) is 0 Å². The smallest absolute Gasteiger partial charge is 0.224 e. The molecule has 4 heteroatoms. The number of nitrogens with one attached hydrogen (secondary N) is 1. The van der Waals surface area contributed by atoms with Gasteiger partial charge in [0.05, 0.1) is 6.42 Å². The maximum absolute atomic E-state index is 11.6. The van der Waals surface area contributed by atoms with Crippen LogP contribution in [0.2, 0.25) is 0 Å². The topological polar surface area (TPSA) is 55.1 Å². The maximum atomic E-state index is 11.6. The zero-order chi connectivity index (χ0) is 12.0.